The van der Waals surface area contributed by atoms with E-state index in [2.05, 4.69) is 15.9 Å². The highest BCUT2D eigenvalue weighted by atomic mass is 79.9. The van der Waals surface area contributed by atoms with E-state index in [1.807, 2.05) is 0 Å². The molecule has 38 heavy (non-hydrogen) atoms. The average Bonchev–Trinajstić information content (AvgIpc) is 3.66. The van der Waals surface area contributed by atoms with Crippen LogP contribution in [0.25, 0.3) is 0 Å². The van der Waals surface area contributed by atoms with Gasteiger partial charge in [-0.25, -0.2) is 8.42 Å². The van der Waals surface area contributed by atoms with Gasteiger partial charge in [0, 0.05) is 15.5 Å². The van der Waals surface area contributed by atoms with Crippen molar-refractivity contribution in [2.24, 2.45) is 5.92 Å². The van der Waals surface area contributed by atoms with Crippen molar-refractivity contribution in [3.63, 3.8) is 0 Å². The second kappa shape index (κ2) is 11.1. The summed E-state index contributed by atoms with van der Waals surface area (Å²) in [4.78, 5) is 27.3. The maximum atomic E-state index is 14.0. The molecule has 1 heterocycles. The molecule has 4 atom stereocenters. The summed E-state index contributed by atoms with van der Waals surface area (Å²) >= 11 is 16.0. The summed E-state index contributed by atoms with van der Waals surface area (Å²) in [6.07, 6.45) is -1.08. The van der Waals surface area contributed by atoms with Crippen molar-refractivity contribution >= 4 is 60.8 Å². The molecule has 4 rings (SSSR count). The Balaban J connectivity index is 1.90. The molecular weight excluding hydrogens is 617 g/mol. The lowest BCUT2D eigenvalue weighted by atomic mass is 9.89. The number of rotatable bonds is 8. The van der Waals surface area contributed by atoms with Crippen molar-refractivity contribution in [3.05, 3.63) is 68.1 Å². The molecule has 2 fully saturated rings. The number of morpholine rings is 1. The second-order valence-electron chi connectivity index (χ2n) is 10.9. The molecule has 1 N–H and O–H groups in total. The van der Waals surface area contributed by atoms with Crippen molar-refractivity contribution in [1.82, 2.24) is 4.90 Å². The Hall–Kier alpha value is -1.65. The first-order valence-electron chi connectivity index (χ1n) is 12.3. The molecule has 4 unspecified atom stereocenters. The molecule has 1 amide bonds. The van der Waals surface area contributed by atoms with Crippen molar-refractivity contribution in [3.8, 4) is 0 Å². The maximum Gasteiger partial charge on any atom is 0.306 e. The predicted molar refractivity (Wildman–Crippen MR) is 150 cm³/mol. The Bertz CT molecular complexity index is 1320. The number of nitrogens with zero attached hydrogens (tertiary/aromatic N) is 1. The van der Waals surface area contributed by atoms with Crippen LogP contribution in [0.1, 0.15) is 63.3 Å². The largest absolute Gasteiger partial charge is 0.481 e. The second-order valence-corrected chi connectivity index (χ2v) is 15.3. The molecule has 2 aliphatic rings. The van der Waals surface area contributed by atoms with Crippen molar-refractivity contribution in [2.45, 2.75) is 69.1 Å². The van der Waals surface area contributed by atoms with Gasteiger partial charge in [0.2, 0.25) is 0 Å². The van der Waals surface area contributed by atoms with Crippen LogP contribution >= 0.6 is 39.1 Å². The zero-order chi connectivity index (χ0) is 28.0. The number of ether oxygens (including phenoxy) is 1. The topological polar surface area (TPSA) is 101 Å². The van der Waals surface area contributed by atoms with E-state index in [9.17, 15) is 23.1 Å². The van der Waals surface area contributed by atoms with Crippen LogP contribution in [0, 0.1) is 5.92 Å². The van der Waals surface area contributed by atoms with E-state index in [0.717, 1.165) is 12.8 Å². The van der Waals surface area contributed by atoms with Gasteiger partial charge in [0.1, 0.15) is 12.2 Å². The van der Waals surface area contributed by atoms with Gasteiger partial charge in [0.15, 0.2) is 9.84 Å². The smallest absolute Gasteiger partial charge is 0.306 e. The molecule has 1 saturated heterocycles. The predicted octanol–water partition coefficient (Wildman–Crippen LogP) is 6.23. The number of carbonyl (C=O) groups excluding carboxylic acids is 1. The van der Waals surface area contributed by atoms with Gasteiger partial charge in [-0.15, -0.1) is 0 Å². The zero-order valence-electron chi connectivity index (χ0n) is 21.2. The van der Waals surface area contributed by atoms with Crippen LogP contribution in [0.4, 0.5) is 0 Å². The van der Waals surface area contributed by atoms with E-state index in [4.69, 9.17) is 27.9 Å². The number of halogens is 3. The van der Waals surface area contributed by atoms with Gasteiger partial charge in [0.05, 0.1) is 28.0 Å². The fourth-order valence-electron chi connectivity index (χ4n) is 4.77. The maximum absolute atomic E-state index is 14.0. The van der Waals surface area contributed by atoms with E-state index in [0.29, 0.717) is 25.6 Å². The summed E-state index contributed by atoms with van der Waals surface area (Å²) in [5.74, 6) is -1.98. The van der Waals surface area contributed by atoms with Crippen molar-refractivity contribution < 1.29 is 27.9 Å². The lowest BCUT2D eigenvalue weighted by Crippen LogP contribution is -2.58. The van der Waals surface area contributed by atoms with Gasteiger partial charge in [-0.05, 0) is 90.9 Å². The van der Waals surface area contributed by atoms with Crippen LogP contribution in [0.15, 0.2) is 46.9 Å². The fourth-order valence-corrected chi connectivity index (χ4v) is 6.71. The van der Waals surface area contributed by atoms with Crippen LogP contribution in [0.3, 0.4) is 0 Å². The van der Waals surface area contributed by atoms with E-state index in [-0.39, 0.29) is 11.7 Å². The molecular formula is C27H30BrCl2NO6S. The number of benzene rings is 2. The first-order valence-corrected chi connectivity index (χ1v) is 15.5. The molecule has 7 nitrogen and oxygen atoms in total. The van der Waals surface area contributed by atoms with Gasteiger partial charge in [-0.3, -0.25) is 9.59 Å². The monoisotopic (exact) mass is 645 g/mol. The molecule has 0 bridgehead atoms. The van der Waals surface area contributed by atoms with Gasteiger partial charge in [0.25, 0.3) is 5.91 Å². The van der Waals surface area contributed by atoms with Gasteiger partial charge in [-0.2, -0.15) is 0 Å². The lowest BCUT2D eigenvalue weighted by molar-refractivity contribution is -0.183. The molecule has 11 heteroatoms. The molecule has 2 aromatic rings. The summed E-state index contributed by atoms with van der Waals surface area (Å²) in [5.41, 5.74) is 1.33. The standard InChI is InChI=1S/C27H30BrCl2NO6S/c1-27(2,3)38(35,36)14-21(15-4-5-15)31-24(16-6-9-18(29)10-7-16)25(17-8-11-19(28)20(30)12-17)37-22(26(31)34)13-23(32)33/h6-12,15,21-22,24-25H,4-5,13-14H2,1-3H3,(H,32,33). The van der Waals surface area contributed by atoms with Gasteiger partial charge in [-0.1, -0.05) is 41.4 Å². The molecule has 1 saturated carbocycles. The number of hydrogen-bond acceptors (Lipinski definition) is 5. The Labute approximate surface area is 241 Å². The number of carboxylic acids is 1. The summed E-state index contributed by atoms with van der Waals surface area (Å²) in [6, 6.07) is 10.8. The highest BCUT2D eigenvalue weighted by Crippen LogP contribution is 2.48. The van der Waals surface area contributed by atoms with Crippen LogP contribution in [-0.4, -0.2) is 52.9 Å². The quantitative estimate of drug-likeness (QED) is 0.365. The van der Waals surface area contributed by atoms with Crippen LogP contribution < -0.4 is 0 Å². The fraction of sp³-hybridized carbons (Fsp3) is 0.481. The lowest BCUT2D eigenvalue weighted by Gasteiger charge is -2.48. The van der Waals surface area contributed by atoms with Crippen molar-refractivity contribution in [2.75, 3.05) is 5.75 Å². The third kappa shape index (κ3) is 6.22. The number of carboxylic acid groups (broad SMARTS) is 1. The average molecular weight is 647 g/mol. The normalized spacial score (nSPS) is 23.4. The minimum absolute atomic E-state index is 0.0244. The Morgan fingerprint density at radius 2 is 1.74 bits per heavy atom. The number of aliphatic carboxylic acids is 1. The molecule has 2 aromatic carbocycles. The van der Waals surface area contributed by atoms with Gasteiger partial charge < -0.3 is 14.7 Å². The van der Waals surface area contributed by atoms with Crippen LogP contribution in [0.5, 0.6) is 0 Å². The van der Waals surface area contributed by atoms with E-state index in [1.54, 1.807) is 68.1 Å². The number of sulfone groups is 1. The molecule has 1 aliphatic heterocycles. The van der Waals surface area contributed by atoms with Crippen molar-refractivity contribution in [1.29, 1.82) is 0 Å². The zero-order valence-corrected chi connectivity index (χ0v) is 25.1. The first-order chi connectivity index (χ1) is 17.7. The Kier molecular flexibility index (Phi) is 8.56. The molecule has 1 aliphatic carbocycles. The highest BCUT2D eigenvalue weighted by molar-refractivity contribution is 9.10. The van der Waals surface area contributed by atoms with Crippen LogP contribution in [-0.2, 0) is 24.2 Å². The Morgan fingerprint density at radius 3 is 2.26 bits per heavy atom. The number of amides is 1. The highest BCUT2D eigenvalue weighted by Gasteiger charge is 2.52. The molecule has 206 valence electrons. The third-order valence-electron chi connectivity index (χ3n) is 7.12. The van der Waals surface area contributed by atoms with Crippen LogP contribution in [0.2, 0.25) is 10.0 Å². The summed E-state index contributed by atoms with van der Waals surface area (Å²) < 4.78 is 32.7. The number of hydrogen-bond donors (Lipinski definition) is 1. The number of carbonyl (C=O) groups is 2. The first kappa shape index (κ1) is 29.3. The summed E-state index contributed by atoms with van der Waals surface area (Å²) in [7, 11) is -3.62. The Morgan fingerprint density at radius 1 is 1.13 bits per heavy atom. The molecule has 0 aromatic heterocycles. The van der Waals surface area contributed by atoms with E-state index >= 15 is 0 Å². The molecule has 0 radical (unpaired) electrons. The van der Waals surface area contributed by atoms with E-state index in [1.165, 1.54) is 0 Å². The summed E-state index contributed by atoms with van der Waals surface area (Å²) in [6.45, 7) is 4.93. The third-order valence-corrected chi connectivity index (χ3v) is 11.2. The summed E-state index contributed by atoms with van der Waals surface area (Å²) in [5, 5.41) is 10.5. The van der Waals surface area contributed by atoms with Gasteiger partial charge >= 0.3 is 5.97 Å². The SMILES string of the molecule is CC(C)(C)S(=O)(=O)CC(C1CC1)N1C(=O)C(CC(=O)O)OC(c2ccc(Br)c(Cl)c2)C1c1ccc(Cl)cc1. The minimum atomic E-state index is -3.62. The molecule has 0 spiro atoms. The van der Waals surface area contributed by atoms with E-state index < -0.39 is 57.2 Å². The minimum Gasteiger partial charge on any atom is -0.481 e.